The van der Waals surface area contributed by atoms with Gasteiger partial charge >= 0.3 is 0 Å². The van der Waals surface area contributed by atoms with Gasteiger partial charge < -0.3 is 0 Å². The summed E-state index contributed by atoms with van der Waals surface area (Å²) < 4.78 is 15.6. The van der Waals surface area contributed by atoms with Crippen LogP contribution in [0.25, 0.3) is 0 Å². The second kappa shape index (κ2) is 11.8. The topological polar surface area (TPSA) is 0 Å². The molecule has 0 aromatic carbocycles. The second-order valence-corrected chi connectivity index (χ2v) is 13.9. The summed E-state index contributed by atoms with van der Waals surface area (Å²) in [5.41, 5.74) is 0.778. The lowest BCUT2D eigenvalue weighted by Crippen LogP contribution is -2.57. The van der Waals surface area contributed by atoms with Gasteiger partial charge in [0.25, 0.3) is 0 Å². The first kappa shape index (κ1) is 29.2. The van der Waals surface area contributed by atoms with Gasteiger partial charge in [-0.05, 0) is 103 Å². The van der Waals surface area contributed by atoms with Gasteiger partial charge in [-0.1, -0.05) is 94.9 Å². The van der Waals surface area contributed by atoms with Crippen molar-refractivity contribution in [3.05, 3.63) is 0 Å². The van der Waals surface area contributed by atoms with Gasteiger partial charge in [-0.2, -0.15) is 0 Å². The van der Waals surface area contributed by atoms with E-state index in [1.165, 1.54) is 64.2 Å². The summed E-state index contributed by atoms with van der Waals surface area (Å²) in [6, 6.07) is 0. The fraction of sp³-hybridized carbons (Fsp3) is 1.00. The van der Waals surface area contributed by atoms with Crippen LogP contribution in [-0.4, -0.2) is 6.17 Å². The molecule has 0 amide bonds. The molecule has 0 aromatic heterocycles. The molecule has 0 N–H and O–H groups in total. The maximum Gasteiger partial charge on any atom is 0.104 e. The van der Waals surface area contributed by atoms with Crippen molar-refractivity contribution < 1.29 is 4.39 Å². The van der Waals surface area contributed by atoms with Gasteiger partial charge in [-0.25, -0.2) is 4.39 Å². The highest BCUT2D eigenvalue weighted by atomic mass is 19.1. The summed E-state index contributed by atoms with van der Waals surface area (Å²) in [7, 11) is 0. The summed E-state index contributed by atoms with van der Waals surface area (Å²) in [5.74, 6) is 5.93. The number of alkyl halides is 1. The fourth-order valence-electron chi connectivity index (χ4n) is 9.47. The van der Waals surface area contributed by atoms with Crippen LogP contribution in [0.1, 0.15) is 140 Å². The molecule has 10 atom stereocenters. The van der Waals surface area contributed by atoms with E-state index in [2.05, 4.69) is 55.4 Å². The second-order valence-electron chi connectivity index (χ2n) is 13.9. The highest BCUT2D eigenvalue weighted by molar-refractivity contribution is 5.11. The van der Waals surface area contributed by atoms with Gasteiger partial charge in [-0.3, -0.25) is 0 Å². The third-order valence-electron chi connectivity index (χ3n) is 11.1. The van der Waals surface area contributed by atoms with E-state index in [-0.39, 0.29) is 12.8 Å². The lowest BCUT2D eigenvalue weighted by molar-refractivity contribution is -0.147. The molecule has 33 heavy (non-hydrogen) atoms. The van der Waals surface area contributed by atoms with E-state index in [9.17, 15) is 0 Å². The van der Waals surface area contributed by atoms with Crippen LogP contribution in [0.15, 0.2) is 0 Å². The Kier molecular flexibility index (Phi) is 10.4. The Morgan fingerprint density at radius 3 is 2.06 bits per heavy atom. The molecule has 0 bridgehead atoms. The Labute approximate surface area is 208 Å². The number of hydrogen-bond acceptors (Lipinski definition) is 0. The Bertz CT molecular complexity index is 583. The minimum absolute atomic E-state index is 0. The first-order valence-electron chi connectivity index (χ1n) is 14.7. The number of rotatable bonds is 5. The molecule has 0 spiro atoms. The van der Waals surface area contributed by atoms with Crippen LogP contribution in [0.2, 0.25) is 0 Å². The van der Waals surface area contributed by atoms with Crippen LogP contribution in [0.5, 0.6) is 0 Å². The molecule has 10 unspecified atom stereocenters. The minimum atomic E-state index is -0.533. The SMILES string of the molecule is C.CC(C)CCCC(C)C1CCC2C3CC(F)C4CC(C)CCC4(C)C3CCC12C.CCC. The number of halogens is 1. The molecular weight excluding hydrogens is 403 g/mol. The van der Waals surface area contributed by atoms with Crippen molar-refractivity contribution in [2.75, 3.05) is 0 Å². The molecule has 0 heterocycles. The molecule has 0 aromatic rings. The standard InChI is InChI=1S/C28H49F.C3H8.CH4/c1-18(2)8-7-9-20(4)22-10-11-23-21-17-26(29)25-16-19(3)12-14-28(25,6)24(21)13-15-27(22,23)5;1-3-2;/h18-26H,7-17H2,1-6H3;3H2,1-2H3;1H4. The number of hydrogen-bond donors (Lipinski definition) is 0. The predicted octanol–water partition coefficient (Wildman–Crippen LogP) is 10.7. The Morgan fingerprint density at radius 1 is 0.818 bits per heavy atom. The molecule has 0 saturated heterocycles. The zero-order valence-electron chi connectivity index (χ0n) is 23.1. The molecule has 4 aliphatic carbocycles. The van der Waals surface area contributed by atoms with Crippen LogP contribution in [0.4, 0.5) is 4.39 Å². The third-order valence-corrected chi connectivity index (χ3v) is 11.1. The average Bonchev–Trinajstić information content (AvgIpc) is 3.07. The minimum Gasteiger partial charge on any atom is -0.247 e. The van der Waals surface area contributed by atoms with Crippen molar-refractivity contribution in [2.45, 2.75) is 146 Å². The first-order valence-corrected chi connectivity index (χ1v) is 14.7. The third kappa shape index (κ3) is 5.69. The van der Waals surface area contributed by atoms with Crippen molar-refractivity contribution in [2.24, 2.45) is 58.2 Å². The van der Waals surface area contributed by atoms with E-state index in [1.54, 1.807) is 0 Å². The first-order chi connectivity index (χ1) is 15.1. The average molecular weight is 465 g/mol. The quantitative estimate of drug-likeness (QED) is 0.379. The zero-order valence-corrected chi connectivity index (χ0v) is 23.1. The highest BCUT2D eigenvalue weighted by Gasteiger charge is 2.62. The number of fused-ring (bicyclic) bond motifs is 5. The van der Waals surface area contributed by atoms with Gasteiger partial charge in [0.05, 0.1) is 0 Å². The molecule has 0 radical (unpaired) electrons. The summed E-state index contributed by atoms with van der Waals surface area (Å²) in [6.45, 7) is 19.0. The molecule has 1 heteroatoms. The van der Waals surface area contributed by atoms with Gasteiger partial charge in [0, 0.05) is 0 Å². The highest BCUT2D eigenvalue weighted by Crippen LogP contribution is 2.69. The van der Waals surface area contributed by atoms with Crippen LogP contribution in [-0.2, 0) is 0 Å². The summed E-state index contributed by atoms with van der Waals surface area (Å²) in [6.07, 6.45) is 15.2. The largest absolute Gasteiger partial charge is 0.247 e. The normalized spacial score (nSPS) is 45.1. The monoisotopic (exact) mass is 464 g/mol. The molecule has 0 nitrogen and oxygen atoms in total. The lowest BCUT2D eigenvalue weighted by atomic mass is 9.43. The molecule has 4 fully saturated rings. The van der Waals surface area contributed by atoms with Crippen molar-refractivity contribution in [3.63, 3.8) is 0 Å². The van der Waals surface area contributed by atoms with E-state index in [4.69, 9.17) is 0 Å². The Morgan fingerprint density at radius 2 is 1.42 bits per heavy atom. The van der Waals surface area contributed by atoms with Crippen molar-refractivity contribution >= 4 is 0 Å². The smallest absolute Gasteiger partial charge is 0.104 e. The predicted molar refractivity (Wildman–Crippen MR) is 145 cm³/mol. The maximum absolute atomic E-state index is 15.6. The van der Waals surface area contributed by atoms with E-state index < -0.39 is 6.17 Å². The van der Waals surface area contributed by atoms with Gasteiger partial charge in [-0.15, -0.1) is 0 Å². The zero-order chi connectivity index (χ0) is 23.7. The fourth-order valence-corrected chi connectivity index (χ4v) is 9.47. The summed E-state index contributed by atoms with van der Waals surface area (Å²) in [5, 5.41) is 0. The van der Waals surface area contributed by atoms with Crippen molar-refractivity contribution in [1.82, 2.24) is 0 Å². The molecule has 4 saturated carbocycles. The van der Waals surface area contributed by atoms with E-state index in [0.717, 1.165) is 48.3 Å². The Hall–Kier alpha value is -0.0700. The Balaban J connectivity index is 0.000000914. The van der Waals surface area contributed by atoms with E-state index in [1.807, 2.05) is 0 Å². The van der Waals surface area contributed by atoms with Crippen LogP contribution >= 0.6 is 0 Å². The molecule has 0 aliphatic heterocycles. The molecule has 4 rings (SSSR count). The van der Waals surface area contributed by atoms with Gasteiger partial charge in [0.15, 0.2) is 0 Å². The van der Waals surface area contributed by atoms with Crippen molar-refractivity contribution in [1.29, 1.82) is 0 Å². The van der Waals surface area contributed by atoms with Crippen LogP contribution in [0.3, 0.4) is 0 Å². The summed E-state index contributed by atoms with van der Waals surface area (Å²) in [4.78, 5) is 0. The molecule has 4 aliphatic rings. The van der Waals surface area contributed by atoms with Crippen molar-refractivity contribution in [3.8, 4) is 0 Å². The molecular formula is C32H61F. The van der Waals surface area contributed by atoms with Gasteiger partial charge in [0.1, 0.15) is 6.17 Å². The summed E-state index contributed by atoms with van der Waals surface area (Å²) >= 11 is 0. The van der Waals surface area contributed by atoms with E-state index in [0.29, 0.717) is 17.3 Å². The molecule has 196 valence electrons. The van der Waals surface area contributed by atoms with Crippen LogP contribution in [0, 0.1) is 58.2 Å². The van der Waals surface area contributed by atoms with Gasteiger partial charge in [0.2, 0.25) is 0 Å². The van der Waals surface area contributed by atoms with E-state index >= 15 is 4.39 Å². The van der Waals surface area contributed by atoms with Crippen LogP contribution < -0.4 is 0 Å². The maximum atomic E-state index is 15.6. The lowest BCUT2D eigenvalue weighted by Gasteiger charge is -2.62.